The highest BCUT2D eigenvalue weighted by atomic mass is 32.2. The lowest BCUT2D eigenvalue weighted by atomic mass is 10.2. The summed E-state index contributed by atoms with van der Waals surface area (Å²) in [6.07, 6.45) is 3.26. The minimum absolute atomic E-state index is 0.0573. The fourth-order valence-corrected chi connectivity index (χ4v) is 3.92. The van der Waals surface area contributed by atoms with Crippen molar-refractivity contribution in [3.05, 3.63) is 35.9 Å². The Morgan fingerprint density at radius 2 is 2.08 bits per heavy atom. The van der Waals surface area contributed by atoms with Crippen molar-refractivity contribution in [2.75, 3.05) is 18.8 Å². The summed E-state index contributed by atoms with van der Waals surface area (Å²) in [6.45, 7) is 2.87. The Kier molecular flexibility index (Phi) is 4.98. The number of carbonyl (C=O) groups excluding carboxylic acids is 1. The van der Waals surface area contributed by atoms with Gasteiger partial charge in [-0.15, -0.1) is 5.10 Å². The number of likely N-dealkylation sites (tertiary alicyclic amines) is 1. The van der Waals surface area contributed by atoms with Gasteiger partial charge in [-0.2, -0.15) is 0 Å². The number of benzene rings is 1. The van der Waals surface area contributed by atoms with Crippen LogP contribution in [-0.2, 0) is 11.3 Å². The van der Waals surface area contributed by atoms with Crippen LogP contribution in [0.25, 0.3) is 0 Å². The van der Waals surface area contributed by atoms with Gasteiger partial charge in [0.15, 0.2) is 0 Å². The maximum atomic E-state index is 12.2. The van der Waals surface area contributed by atoms with Crippen LogP contribution in [0.15, 0.2) is 35.5 Å². The molecule has 1 N–H and O–H groups in total. The molecular formula is C17H22N6OS. The van der Waals surface area contributed by atoms with Crippen molar-refractivity contribution in [1.82, 2.24) is 30.4 Å². The molecule has 2 fully saturated rings. The maximum Gasteiger partial charge on any atom is 0.230 e. The van der Waals surface area contributed by atoms with E-state index in [0.717, 1.165) is 44.1 Å². The van der Waals surface area contributed by atoms with Gasteiger partial charge in [-0.25, -0.2) is 4.68 Å². The standard InChI is InChI=1S/C17H22N6OS/c24-16(12-25-17-19-20-21-23(17)15-6-7-15)18-14-8-9-22(11-14)10-13-4-2-1-3-5-13/h1-5,14-15H,6-12H2,(H,18,24)/t14-/m0/s1. The van der Waals surface area contributed by atoms with Crippen molar-refractivity contribution in [1.29, 1.82) is 0 Å². The Bertz CT molecular complexity index is 717. The van der Waals surface area contributed by atoms with E-state index < -0.39 is 0 Å². The van der Waals surface area contributed by atoms with Gasteiger partial charge in [-0.3, -0.25) is 9.69 Å². The average molecular weight is 358 g/mol. The van der Waals surface area contributed by atoms with E-state index in [4.69, 9.17) is 0 Å². The molecule has 0 spiro atoms. The number of nitrogens with one attached hydrogen (secondary N) is 1. The number of hydrogen-bond acceptors (Lipinski definition) is 6. The van der Waals surface area contributed by atoms with Crippen molar-refractivity contribution in [2.45, 2.75) is 43.0 Å². The highest BCUT2D eigenvalue weighted by Gasteiger charge is 2.28. The smallest absolute Gasteiger partial charge is 0.230 e. The summed E-state index contributed by atoms with van der Waals surface area (Å²) < 4.78 is 1.84. The van der Waals surface area contributed by atoms with E-state index >= 15 is 0 Å². The third kappa shape index (κ3) is 4.38. The topological polar surface area (TPSA) is 75.9 Å². The van der Waals surface area contributed by atoms with Gasteiger partial charge in [0.1, 0.15) is 0 Å². The molecule has 0 bridgehead atoms. The van der Waals surface area contributed by atoms with Crippen LogP contribution in [0.1, 0.15) is 30.9 Å². The molecule has 7 nitrogen and oxygen atoms in total. The number of carbonyl (C=O) groups is 1. The molecule has 1 aliphatic carbocycles. The molecule has 2 heterocycles. The third-order valence-electron chi connectivity index (χ3n) is 4.57. The summed E-state index contributed by atoms with van der Waals surface area (Å²) in [5, 5.41) is 15.6. The highest BCUT2D eigenvalue weighted by Crippen LogP contribution is 2.36. The first kappa shape index (κ1) is 16.5. The van der Waals surface area contributed by atoms with Crippen molar-refractivity contribution in [3.8, 4) is 0 Å². The lowest BCUT2D eigenvalue weighted by Gasteiger charge is -2.16. The predicted molar refractivity (Wildman–Crippen MR) is 95.1 cm³/mol. The number of aromatic nitrogens is 4. The molecule has 1 aliphatic heterocycles. The molecule has 2 aromatic rings. The molecule has 1 aromatic heterocycles. The summed E-state index contributed by atoms with van der Waals surface area (Å²) in [5.41, 5.74) is 1.32. The summed E-state index contributed by atoms with van der Waals surface area (Å²) in [5.74, 6) is 0.421. The Morgan fingerprint density at radius 3 is 2.88 bits per heavy atom. The Hall–Kier alpha value is -1.93. The zero-order chi connectivity index (χ0) is 17.1. The largest absolute Gasteiger partial charge is 0.351 e. The lowest BCUT2D eigenvalue weighted by molar-refractivity contribution is -0.119. The molecule has 132 valence electrons. The van der Waals surface area contributed by atoms with Crippen molar-refractivity contribution in [2.24, 2.45) is 0 Å². The molecule has 2 aliphatic rings. The van der Waals surface area contributed by atoms with Gasteiger partial charge in [0.25, 0.3) is 0 Å². The van der Waals surface area contributed by atoms with E-state index in [9.17, 15) is 4.79 Å². The molecule has 25 heavy (non-hydrogen) atoms. The van der Waals surface area contributed by atoms with E-state index in [1.54, 1.807) is 0 Å². The van der Waals surface area contributed by atoms with Gasteiger partial charge >= 0.3 is 0 Å². The summed E-state index contributed by atoms with van der Waals surface area (Å²) in [7, 11) is 0. The quantitative estimate of drug-likeness (QED) is 0.756. The van der Waals surface area contributed by atoms with Crippen LogP contribution in [0.5, 0.6) is 0 Å². The Morgan fingerprint density at radius 1 is 1.24 bits per heavy atom. The predicted octanol–water partition coefficient (Wildman–Crippen LogP) is 1.49. The van der Waals surface area contributed by atoms with Crippen LogP contribution in [0.4, 0.5) is 0 Å². The van der Waals surface area contributed by atoms with Crippen molar-refractivity contribution >= 4 is 17.7 Å². The highest BCUT2D eigenvalue weighted by molar-refractivity contribution is 7.99. The molecular weight excluding hydrogens is 336 g/mol. The fourth-order valence-electron chi connectivity index (χ4n) is 3.16. The van der Waals surface area contributed by atoms with Crippen molar-refractivity contribution < 1.29 is 4.79 Å². The minimum Gasteiger partial charge on any atom is -0.351 e. The molecule has 0 radical (unpaired) electrons. The normalized spacial score (nSPS) is 20.7. The third-order valence-corrected chi connectivity index (χ3v) is 5.51. The van der Waals surface area contributed by atoms with Gasteiger partial charge in [-0.05, 0) is 35.3 Å². The van der Waals surface area contributed by atoms with Crippen LogP contribution in [0.2, 0.25) is 0 Å². The summed E-state index contributed by atoms with van der Waals surface area (Å²) >= 11 is 1.42. The molecule has 0 unspecified atom stereocenters. The molecule has 1 atom stereocenters. The fraction of sp³-hybridized carbons (Fsp3) is 0.529. The van der Waals surface area contributed by atoms with Crippen LogP contribution >= 0.6 is 11.8 Å². The molecule has 1 amide bonds. The number of tetrazole rings is 1. The first-order valence-electron chi connectivity index (χ1n) is 8.74. The number of hydrogen-bond donors (Lipinski definition) is 1. The van der Waals surface area contributed by atoms with Crippen LogP contribution in [0, 0.1) is 0 Å². The van der Waals surface area contributed by atoms with Gasteiger partial charge < -0.3 is 5.32 Å². The number of amides is 1. The van der Waals surface area contributed by atoms with Crippen LogP contribution in [0.3, 0.4) is 0 Å². The van der Waals surface area contributed by atoms with Gasteiger partial charge in [0.2, 0.25) is 11.1 Å². The first-order chi connectivity index (χ1) is 12.3. The lowest BCUT2D eigenvalue weighted by Crippen LogP contribution is -2.38. The number of thioether (sulfide) groups is 1. The van der Waals surface area contributed by atoms with Gasteiger partial charge in [-0.1, -0.05) is 42.1 Å². The molecule has 1 saturated carbocycles. The van der Waals surface area contributed by atoms with Crippen molar-refractivity contribution in [3.63, 3.8) is 0 Å². The second kappa shape index (κ2) is 7.53. The zero-order valence-corrected chi connectivity index (χ0v) is 14.9. The average Bonchev–Trinajstić information content (AvgIpc) is 3.20. The number of nitrogens with zero attached hydrogens (tertiary/aromatic N) is 5. The zero-order valence-electron chi connectivity index (χ0n) is 14.0. The maximum absolute atomic E-state index is 12.2. The molecule has 1 aromatic carbocycles. The molecule has 8 heteroatoms. The van der Waals surface area contributed by atoms with Crippen LogP contribution < -0.4 is 5.32 Å². The SMILES string of the molecule is O=C(CSc1nnnn1C1CC1)N[C@H]1CCN(Cc2ccccc2)C1. The van der Waals surface area contributed by atoms with E-state index in [1.807, 2.05) is 10.7 Å². The summed E-state index contributed by atoms with van der Waals surface area (Å²) in [6, 6.07) is 11.1. The second-order valence-electron chi connectivity index (χ2n) is 6.70. The molecule has 4 rings (SSSR count). The monoisotopic (exact) mass is 358 g/mol. The summed E-state index contributed by atoms with van der Waals surface area (Å²) in [4.78, 5) is 14.6. The second-order valence-corrected chi connectivity index (χ2v) is 7.64. The van der Waals surface area contributed by atoms with E-state index in [-0.39, 0.29) is 11.9 Å². The van der Waals surface area contributed by atoms with Crippen LogP contribution in [-0.4, -0.2) is 55.9 Å². The Balaban J connectivity index is 1.21. The number of rotatable bonds is 7. The molecule has 1 saturated heterocycles. The Labute approximate surface area is 151 Å². The van der Waals surface area contributed by atoms with E-state index in [1.165, 1.54) is 17.3 Å². The first-order valence-corrected chi connectivity index (χ1v) is 9.73. The van der Waals surface area contributed by atoms with E-state index in [0.29, 0.717) is 11.8 Å². The van der Waals surface area contributed by atoms with Gasteiger partial charge in [0.05, 0.1) is 11.8 Å². The van der Waals surface area contributed by atoms with Gasteiger partial charge in [0, 0.05) is 25.7 Å². The van der Waals surface area contributed by atoms with E-state index in [2.05, 4.69) is 50.0 Å². The minimum atomic E-state index is 0.0573.